The van der Waals surface area contributed by atoms with Crippen LogP contribution in [0.3, 0.4) is 0 Å². The van der Waals surface area contributed by atoms with Gasteiger partial charge in [-0.15, -0.1) is 11.3 Å². The van der Waals surface area contributed by atoms with E-state index in [0.717, 1.165) is 15.8 Å². The molecule has 0 saturated carbocycles. The van der Waals surface area contributed by atoms with Crippen LogP contribution in [0.1, 0.15) is 26.5 Å². The van der Waals surface area contributed by atoms with E-state index in [2.05, 4.69) is 21.0 Å². The lowest BCUT2D eigenvalue weighted by atomic mass is 10.1. The molecule has 1 N–H and O–H groups in total. The van der Waals surface area contributed by atoms with Gasteiger partial charge in [-0.2, -0.15) is 18.3 Å². The number of nitrogens with zero attached hydrogens (tertiary/aromatic N) is 1. The number of carbonyl (C=O) groups excluding carboxylic acids is 2. The minimum Gasteiger partial charge on any atom is -0.293 e. The minimum atomic E-state index is -4.82. The van der Waals surface area contributed by atoms with Gasteiger partial charge in [0.2, 0.25) is 0 Å². The number of thiophene rings is 1. The van der Waals surface area contributed by atoms with Gasteiger partial charge in [0.15, 0.2) is 5.78 Å². The molecule has 0 saturated heterocycles. The largest absolute Gasteiger partial charge is 0.431 e. The zero-order valence-corrected chi connectivity index (χ0v) is 14.3. The van der Waals surface area contributed by atoms with Crippen LogP contribution in [0.15, 0.2) is 51.4 Å². The van der Waals surface area contributed by atoms with Gasteiger partial charge in [-0.25, -0.2) is 5.43 Å². The molecule has 0 unspecified atom stereocenters. The molecule has 0 spiro atoms. The second-order valence-electron chi connectivity index (χ2n) is 4.58. The van der Waals surface area contributed by atoms with Gasteiger partial charge in [-0.3, -0.25) is 9.59 Å². The number of halogens is 4. The molecule has 4 nitrogen and oxygen atoms in total. The van der Waals surface area contributed by atoms with Crippen molar-refractivity contribution in [2.24, 2.45) is 5.10 Å². The van der Waals surface area contributed by atoms with Crippen LogP contribution >= 0.6 is 27.3 Å². The number of carbonyl (C=O) groups is 2. The first-order chi connectivity index (χ1) is 11.3. The molecule has 0 bridgehead atoms. The van der Waals surface area contributed by atoms with Gasteiger partial charge in [-0.05, 0) is 35.7 Å². The van der Waals surface area contributed by atoms with Crippen molar-refractivity contribution >= 4 is 44.7 Å². The van der Waals surface area contributed by atoms with Crippen molar-refractivity contribution in [2.45, 2.75) is 12.6 Å². The van der Waals surface area contributed by atoms with E-state index in [1.165, 1.54) is 18.2 Å². The maximum absolute atomic E-state index is 13.0. The lowest BCUT2D eigenvalue weighted by molar-refractivity contribution is -0.0605. The molecule has 0 fully saturated rings. The van der Waals surface area contributed by atoms with Crippen LogP contribution in [0.25, 0.3) is 0 Å². The van der Waals surface area contributed by atoms with Crippen molar-refractivity contribution in [2.75, 3.05) is 0 Å². The van der Waals surface area contributed by atoms with Crippen molar-refractivity contribution in [1.29, 1.82) is 0 Å². The number of ketones is 1. The third kappa shape index (κ3) is 5.00. The van der Waals surface area contributed by atoms with Crippen LogP contribution in [-0.4, -0.2) is 23.6 Å². The average molecular weight is 419 g/mol. The summed E-state index contributed by atoms with van der Waals surface area (Å²) in [6.45, 7) is 0. The smallest absolute Gasteiger partial charge is 0.293 e. The summed E-state index contributed by atoms with van der Waals surface area (Å²) < 4.78 is 39.7. The van der Waals surface area contributed by atoms with Gasteiger partial charge < -0.3 is 0 Å². The second kappa shape index (κ2) is 7.71. The maximum atomic E-state index is 13.0. The third-order valence-electron chi connectivity index (χ3n) is 2.85. The fourth-order valence-corrected chi connectivity index (χ4v) is 2.59. The normalized spacial score (nSPS) is 12.1. The van der Waals surface area contributed by atoms with E-state index in [1.54, 1.807) is 23.6 Å². The molecule has 1 amide bonds. The first-order valence-corrected chi connectivity index (χ1v) is 8.21. The van der Waals surface area contributed by atoms with Crippen LogP contribution in [0.2, 0.25) is 0 Å². The number of hydrogen-bond donors (Lipinski definition) is 1. The molecule has 1 aromatic heterocycles. The van der Waals surface area contributed by atoms with Crippen molar-refractivity contribution in [3.63, 3.8) is 0 Å². The number of hydrogen-bond acceptors (Lipinski definition) is 4. The van der Waals surface area contributed by atoms with Crippen LogP contribution in [0.4, 0.5) is 13.2 Å². The molecule has 126 valence electrons. The molecule has 0 aliphatic rings. The van der Waals surface area contributed by atoms with Crippen molar-refractivity contribution in [1.82, 2.24) is 5.43 Å². The molecule has 0 aliphatic heterocycles. The third-order valence-corrected chi connectivity index (χ3v) is 4.29. The van der Waals surface area contributed by atoms with Gasteiger partial charge in [0.1, 0.15) is 5.71 Å². The lowest BCUT2D eigenvalue weighted by Gasteiger charge is -2.10. The molecule has 0 aliphatic carbocycles. The average Bonchev–Trinajstić information content (AvgIpc) is 3.05. The van der Waals surface area contributed by atoms with E-state index in [1.807, 2.05) is 5.43 Å². The van der Waals surface area contributed by atoms with Crippen molar-refractivity contribution in [3.8, 4) is 0 Å². The quantitative estimate of drug-likeness (QED) is 0.443. The fraction of sp³-hybridized carbons (Fsp3) is 0.133. The highest BCUT2D eigenvalue weighted by Crippen LogP contribution is 2.22. The number of alkyl halides is 3. The molecule has 0 atom stereocenters. The van der Waals surface area contributed by atoms with E-state index in [0.29, 0.717) is 0 Å². The standard InChI is InChI=1S/C15H10BrF3N2O2S/c16-10-5-3-9(4-6-10)14(23)21-20-13(15(17,18)19)8-11(22)12-2-1-7-24-12/h1-7H,8H2,(H,21,23)/b20-13-. The highest BCUT2D eigenvalue weighted by atomic mass is 79.9. The first-order valence-electron chi connectivity index (χ1n) is 6.54. The molecule has 24 heavy (non-hydrogen) atoms. The van der Waals surface area contributed by atoms with E-state index in [9.17, 15) is 22.8 Å². The van der Waals surface area contributed by atoms with Gasteiger partial charge in [0, 0.05) is 10.0 Å². The molecule has 2 aromatic rings. The molecular formula is C15H10BrF3N2O2S. The summed E-state index contributed by atoms with van der Waals surface area (Å²) in [7, 11) is 0. The summed E-state index contributed by atoms with van der Waals surface area (Å²) in [5, 5.41) is 4.70. The monoisotopic (exact) mass is 418 g/mol. The Morgan fingerprint density at radius 1 is 1.17 bits per heavy atom. The number of nitrogens with one attached hydrogen (secondary N) is 1. The number of amides is 1. The summed E-state index contributed by atoms with van der Waals surface area (Å²) in [6, 6.07) is 9.00. The van der Waals surface area contributed by atoms with Crippen LogP contribution in [0, 0.1) is 0 Å². The Labute approximate surface area is 147 Å². The second-order valence-corrected chi connectivity index (χ2v) is 6.44. The van der Waals surface area contributed by atoms with Crippen LogP contribution in [0.5, 0.6) is 0 Å². The van der Waals surface area contributed by atoms with E-state index in [4.69, 9.17) is 0 Å². The number of benzene rings is 1. The summed E-state index contributed by atoms with van der Waals surface area (Å²) in [4.78, 5) is 23.8. The molecule has 9 heteroatoms. The number of Topliss-reactive ketones (excluding diaryl/α,β-unsaturated/α-hetero) is 1. The Bertz CT molecular complexity index is 756. The Morgan fingerprint density at radius 3 is 2.38 bits per heavy atom. The van der Waals surface area contributed by atoms with E-state index < -0.39 is 30.0 Å². The van der Waals surface area contributed by atoms with Crippen LogP contribution in [-0.2, 0) is 0 Å². The van der Waals surface area contributed by atoms with Crippen molar-refractivity contribution < 1.29 is 22.8 Å². The Morgan fingerprint density at radius 2 is 1.83 bits per heavy atom. The molecular weight excluding hydrogens is 409 g/mol. The number of hydrazone groups is 1. The Hall–Kier alpha value is -2.00. The SMILES string of the molecule is O=C(N/N=C(/CC(=O)c1cccs1)C(F)(F)F)c1ccc(Br)cc1. The summed E-state index contributed by atoms with van der Waals surface area (Å²) in [6.07, 6.45) is -5.76. The summed E-state index contributed by atoms with van der Waals surface area (Å²) in [5.41, 5.74) is 0.632. The van der Waals surface area contributed by atoms with E-state index >= 15 is 0 Å². The molecule has 1 heterocycles. The van der Waals surface area contributed by atoms with Gasteiger partial charge in [-0.1, -0.05) is 22.0 Å². The maximum Gasteiger partial charge on any atom is 0.431 e. The summed E-state index contributed by atoms with van der Waals surface area (Å²) >= 11 is 4.23. The van der Waals surface area contributed by atoms with Gasteiger partial charge >= 0.3 is 6.18 Å². The Kier molecular flexibility index (Phi) is 5.89. The van der Waals surface area contributed by atoms with E-state index in [-0.39, 0.29) is 10.4 Å². The zero-order valence-electron chi connectivity index (χ0n) is 11.9. The predicted octanol–water partition coefficient (Wildman–Crippen LogP) is 4.43. The lowest BCUT2D eigenvalue weighted by Crippen LogP contribution is -2.30. The van der Waals surface area contributed by atoms with Crippen molar-refractivity contribution in [3.05, 3.63) is 56.7 Å². The molecule has 2 rings (SSSR count). The fourth-order valence-electron chi connectivity index (χ4n) is 1.66. The minimum absolute atomic E-state index is 0.146. The number of rotatable bonds is 5. The highest BCUT2D eigenvalue weighted by molar-refractivity contribution is 9.10. The molecule has 0 radical (unpaired) electrons. The first kappa shape index (κ1) is 18.3. The topological polar surface area (TPSA) is 58.5 Å². The predicted molar refractivity (Wildman–Crippen MR) is 88.4 cm³/mol. The van der Waals surface area contributed by atoms with Gasteiger partial charge in [0.25, 0.3) is 5.91 Å². The highest BCUT2D eigenvalue weighted by Gasteiger charge is 2.37. The summed E-state index contributed by atoms with van der Waals surface area (Å²) in [5.74, 6) is -1.51. The molecule has 1 aromatic carbocycles. The Balaban J connectivity index is 2.12. The van der Waals surface area contributed by atoms with Gasteiger partial charge in [0.05, 0.1) is 11.3 Å². The zero-order chi connectivity index (χ0) is 17.7. The van der Waals surface area contributed by atoms with Crippen LogP contribution < -0.4 is 5.43 Å².